The van der Waals surface area contributed by atoms with E-state index in [1.807, 2.05) is 14.0 Å². The van der Waals surface area contributed by atoms with Gasteiger partial charge in [-0.2, -0.15) is 5.10 Å². The van der Waals surface area contributed by atoms with Crippen molar-refractivity contribution in [1.29, 1.82) is 0 Å². The molecule has 2 aliphatic heterocycles. The molecule has 2 fully saturated rings. The molecule has 0 amide bonds. The normalized spacial score (nSPS) is 23.3. The van der Waals surface area contributed by atoms with Crippen LogP contribution in [0.4, 0.5) is 0 Å². The molecule has 2 saturated heterocycles. The van der Waals surface area contributed by atoms with E-state index in [9.17, 15) is 0 Å². The topological polar surface area (TPSA) is 39.5 Å². The van der Waals surface area contributed by atoms with Crippen LogP contribution in [0.3, 0.4) is 0 Å². The Morgan fingerprint density at radius 3 is 2.74 bits per heavy atom. The number of hydrogen-bond acceptors (Lipinski definition) is 4. The summed E-state index contributed by atoms with van der Waals surface area (Å²) in [6, 6.07) is 0. The van der Waals surface area contributed by atoms with E-state index in [4.69, 9.17) is 21.1 Å². The van der Waals surface area contributed by atoms with Gasteiger partial charge in [-0.1, -0.05) is 11.6 Å². The molecule has 0 radical (unpaired) electrons. The lowest BCUT2D eigenvalue weighted by Crippen LogP contribution is -2.48. The fourth-order valence-corrected chi connectivity index (χ4v) is 3.25. The first kappa shape index (κ1) is 13.4. The van der Waals surface area contributed by atoms with Gasteiger partial charge in [-0.25, -0.2) is 0 Å². The van der Waals surface area contributed by atoms with Crippen LogP contribution < -0.4 is 0 Å². The maximum Gasteiger partial charge on any atom is 0.181 e. The number of hydrogen-bond donors (Lipinski definition) is 0. The Labute approximate surface area is 118 Å². The fraction of sp³-hybridized carbons (Fsp3) is 0.769. The highest BCUT2D eigenvalue weighted by atomic mass is 35.5. The quantitative estimate of drug-likeness (QED) is 0.829. The SMILES string of the molecule is Cc1nn(C)c(Cl)c1CN1CCCC2(C1)OCCO2. The zero-order valence-electron chi connectivity index (χ0n) is 11.5. The lowest BCUT2D eigenvalue weighted by atomic mass is 10.0. The number of likely N-dealkylation sites (tertiary alicyclic amines) is 1. The molecule has 0 saturated carbocycles. The van der Waals surface area contributed by atoms with E-state index in [1.165, 1.54) is 0 Å². The molecule has 0 unspecified atom stereocenters. The van der Waals surface area contributed by atoms with Crippen molar-refractivity contribution in [2.24, 2.45) is 7.05 Å². The van der Waals surface area contributed by atoms with Gasteiger partial charge in [-0.05, 0) is 19.9 Å². The van der Waals surface area contributed by atoms with E-state index in [2.05, 4.69) is 10.00 Å². The molecule has 0 bridgehead atoms. The minimum atomic E-state index is -0.374. The van der Waals surface area contributed by atoms with Crippen LogP contribution in [0, 0.1) is 6.92 Å². The molecule has 106 valence electrons. The van der Waals surface area contributed by atoms with Gasteiger partial charge in [0.25, 0.3) is 0 Å². The summed E-state index contributed by atoms with van der Waals surface area (Å²) in [7, 11) is 1.87. The summed E-state index contributed by atoms with van der Waals surface area (Å²) >= 11 is 6.30. The highest BCUT2D eigenvalue weighted by Gasteiger charge is 2.40. The summed E-state index contributed by atoms with van der Waals surface area (Å²) in [5, 5.41) is 5.09. The van der Waals surface area contributed by atoms with Gasteiger partial charge >= 0.3 is 0 Å². The van der Waals surface area contributed by atoms with E-state index in [0.29, 0.717) is 13.2 Å². The Bertz CT molecular complexity index is 469. The van der Waals surface area contributed by atoms with Crippen LogP contribution in [0.1, 0.15) is 24.1 Å². The molecule has 2 aliphatic rings. The van der Waals surface area contributed by atoms with Crippen molar-refractivity contribution in [2.75, 3.05) is 26.3 Å². The third-order valence-electron chi connectivity index (χ3n) is 3.96. The van der Waals surface area contributed by atoms with Gasteiger partial charge in [0, 0.05) is 25.6 Å². The minimum Gasteiger partial charge on any atom is -0.346 e. The summed E-state index contributed by atoms with van der Waals surface area (Å²) in [6.07, 6.45) is 2.08. The molecule has 19 heavy (non-hydrogen) atoms. The van der Waals surface area contributed by atoms with Gasteiger partial charge in [0.15, 0.2) is 5.79 Å². The van der Waals surface area contributed by atoms with Gasteiger partial charge in [0.1, 0.15) is 5.15 Å². The second-order valence-electron chi connectivity index (χ2n) is 5.40. The molecule has 3 rings (SSSR count). The van der Waals surface area contributed by atoms with E-state index in [-0.39, 0.29) is 5.79 Å². The molecule has 0 aliphatic carbocycles. The summed E-state index contributed by atoms with van der Waals surface area (Å²) in [5.74, 6) is -0.374. The van der Waals surface area contributed by atoms with Crippen LogP contribution >= 0.6 is 11.6 Å². The van der Waals surface area contributed by atoms with E-state index >= 15 is 0 Å². The predicted octanol–water partition coefficient (Wildman–Crippen LogP) is 1.72. The number of ether oxygens (including phenoxy) is 2. The summed E-state index contributed by atoms with van der Waals surface area (Å²) in [6.45, 7) is 6.11. The van der Waals surface area contributed by atoms with Crippen molar-refractivity contribution in [1.82, 2.24) is 14.7 Å². The van der Waals surface area contributed by atoms with Crippen LogP contribution in [-0.4, -0.2) is 46.8 Å². The Balaban J connectivity index is 1.72. The second kappa shape index (κ2) is 5.05. The average molecular weight is 286 g/mol. The molecule has 3 heterocycles. The van der Waals surface area contributed by atoms with Gasteiger partial charge in [-0.15, -0.1) is 0 Å². The third kappa shape index (κ3) is 2.52. The zero-order valence-corrected chi connectivity index (χ0v) is 12.2. The summed E-state index contributed by atoms with van der Waals surface area (Å²) in [5.41, 5.74) is 2.11. The van der Waals surface area contributed by atoms with Crippen molar-refractivity contribution in [3.8, 4) is 0 Å². The van der Waals surface area contributed by atoms with Gasteiger partial charge in [-0.3, -0.25) is 9.58 Å². The molecule has 1 aromatic rings. The zero-order chi connectivity index (χ0) is 13.5. The molecule has 5 nitrogen and oxygen atoms in total. The first-order valence-corrected chi connectivity index (χ1v) is 7.16. The summed E-state index contributed by atoms with van der Waals surface area (Å²) < 4.78 is 13.3. The maximum absolute atomic E-state index is 6.30. The highest BCUT2D eigenvalue weighted by Crippen LogP contribution is 2.31. The van der Waals surface area contributed by atoms with Crippen molar-refractivity contribution < 1.29 is 9.47 Å². The Hall–Kier alpha value is -0.620. The first-order valence-electron chi connectivity index (χ1n) is 6.78. The third-order valence-corrected chi connectivity index (χ3v) is 4.43. The maximum atomic E-state index is 6.30. The molecule has 0 atom stereocenters. The Morgan fingerprint density at radius 1 is 1.37 bits per heavy atom. The molecule has 6 heteroatoms. The smallest absolute Gasteiger partial charge is 0.181 e. The highest BCUT2D eigenvalue weighted by molar-refractivity contribution is 6.30. The fourth-order valence-electron chi connectivity index (χ4n) is 3.02. The van der Waals surface area contributed by atoms with E-state index in [0.717, 1.165) is 48.9 Å². The van der Waals surface area contributed by atoms with Gasteiger partial charge in [0.05, 0.1) is 25.5 Å². The van der Waals surface area contributed by atoms with Crippen LogP contribution in [0.2, 0.25) is 5.15 Å². The average Bonchev–Trinajstić information content (AvgIpc) is 2.91. The van der Waals surface area contributed by atoms with E-state index in [1.54, 1.807) is 4.68 Å². The largest absolute Gasteiger partial charge is 0.346 e. The molecule has 1 aromatic heterocycles. The lowest BCUT2D eigenvalue weighted by Gasteiger charge is -2.38. The van der Waals surface area contributed by atoms with Crippen LogP contribution in [0.5, 0.6) is 0 Å². The van der Waals surface area contributed by atoms with Crippen LogP contribution in [0.25, 0.3) is 0 Å². The van der Waals surface area contributed by atoms with Gasteiger partial charge < -0.3 is 9.47 Å². The van der Waals surface area contributed by atoms with Crippen LogP contribution in [-0.2, 0) is 23.1 Å². The number of piperidine rings is 1. The number of aryl methyl sites for hydroxylation is 2. The molecule has 1 spiro atoms. The Kier molecular flexibility index (Phi) is 3.55. The molecule has 0 N–H and O–H groups in total. The molecular formula is C13H20ClN3O2. The van der Waals surface area contributed by atoms with Crippen molar-refractivity contribution in [3.63, 3.8) is 0 Å². The number of rotatable bonds is 2. The number of nitrogens with zero attached hydrogens (tertiary/aromatic N) is 3. The monoisotopic (exact) mass is 285 g/mol. The molecule has 0 aromatic carbocycles. The minimum absolute atomic E-state index is 0.374. The van der Waals surface area contributed by atoms with Crippen molar-refractivity contribution in [2.45, 2.75) is 32.1 Å². The number of halogens is 1. The number of aromatic nitrogens is 2. The Morgan fingerprint density at radius 2 is 2.11 bits per heavy atom. The first-order chi connectivity index (χ1) is 9.10. The van der Waals surface area contributed by atoms with Gasteiger partial charge in [0.2, 0.25) is 0 Å². The molecular weight excluding hydrogens is 266 g/mol. The van der Waals surface area contributed by atoms with Crippen molar-refractivity contribution >= 4 is 11.6 Å². The predicted molar refractivity (Wildman–Crippen MR) is 72.1 cm³/mol. The second-order valence-corrected chi connectivity index (χ2v) is 5.76. The van der Waals surface area contributed by atoms with Crippen molar-refractivity contribution in [3.05, 3.63) is 16.4 Å². The standard InChI is InChI=1S/C13H20ClN3O2/c1-10-11(12(14)16(2)15-10)8-17-5-3-4-13(9-17)18-6-7-19-13/h3-9H2,1-2H3. The lowest BCUT2D eigenvalue weighted by molar-refractivity contribution is -0.190. The van der Waals surface area contributed by atoms with E-state index < -0.39 is 0 Å². The summed E-state index contributed by atoms with van der Waals surface area (Å²) in [4.78, 5) is 2.35. The van der Waals surface area contributed by atoms with Crippen LogP contribution in [0.15, 0.2) is 0 Å².